The zero-order valence-electron chi connectivity index (χ0n) is 11.8. The summed E-state index contributed by atoms with van der Waals surface area (Å²) in [5.74, 6) is 0. The number of aryl methyl sites for hydroxylation is 3. The standard InChI is InChI=1S/C13H20ClN5/c1-5-9-13(14)11(19(4)17-9)6-10(15-2)12-7-16-8-18(12)3/h7-8,10,15H,5-6H2,1-4H3. The Morgan fingerprint density at radius 3 is 2.63 bits per heavy atom. The van der Waals surface area contributed by atoms with Gasteiger partial charge in [0.15, 0.2) is 0 Å². The topological polar surface area (TPSA) is 47.7 Å². The molecule has 0 aromatic carbocycles. The van der Waals surface area contributed by atoms with E-state index < -0.39 is 0 Å². The molecule has 1 N–H and O–H groups in total. The van der Waals surface area contributed by atoms with Crippen molar-refractivity contribution in [3.63, 3.8) is 0 Å². The van der Waals surface area contributed by atoms with Crippen LogP contribution in [0.4, 0.5) is 0 Å². The lowest BCUT2D eigenvalue weighted by atomic mass is 10.1. The number of likely N-dealkylation sites (N-methyl/N-ethyl adjacent to an activating group) is 1. The highest BCUT2D eigenvalue weighted by atomic mass is 35.5. The van der Waals surface area contributed by atoms with Gasteiger partial charge in [-0.3, -0.25) is 4.68 Å². The highest BCUT2D eigenvalue weighted by Gasteiger charge is 2.19. The third-order valence-electron chi connectivity index (χ3n) is 3.46. The van der Waals surface area contributed by atoms with Gasteiger partial charge in [0.2, 0.25) is 0 Å². The third kappa shape index (κ3) is 2.67. The van der Waals surface area contributed by atoms with Gasteiger partial charge in [-0.15, -0.1) is 0 Å². The number of aromatic nitrogens is 4. The Labute approximate surface area is 118 Å². The van der Waals surface area contributed by atoms with Crippen LogP contribution in [0, 0.1) is 0 Å². The summed E-state index contributed by atoms with van der Waals surface area (Å²) in [7, 11) is 5.88. The van der Waals surface area contributed by atoms with E-state index in [2.05, 4.69) is 22.3 Å². The van der Waals surface area contributed by atoms with Gasteiger partial charge in [-0.2, -0.15) is 5.10 Å². The number of hydrogen-bond donors (Lipinski definition) is 1. The van der Waals surface area contributed by atoms with Crippen LogP contribution in [-0.2, 0) is 26.9 Å². The fourth-order valence-corrected chi connectivity index (χ4v) is 2.66. The largest absolute Gasteiger partial charge is 0.336 e. The minimum atomic E-state index is 0.171. The molecule has 1 atom stereocenters. The van der Waals surface area contributed by atoms with E-state index >= 15 is 0 Å². The van der Waals surface area contributed by atoms with E-state index in [1.54, 1.807) is 0 Å². The molecule has 19 heavy (non-hydrogen) atoms. The molecule has 0 aliphatic heterocycles. The van der Waals surface area contributed by atoms with Crippen molar-refractivity contribution in [1.29, 1.82) is 0 Å². The Hall–Kier alpha value is -1.33. The van der Waals surface area contributed by atoms with Crippen molar-refractivity contribution in [3.8, 4) is 0 Å². The van der Waals surface area contributed by atoms with Gasteiger partial charge in [-0.25, -0.2) is 4.98 Å². The number of nitrogens with zero attached hydrogens (tertiary/aromatic N) is 4. The first-order valence-electron chi connectivity index (χ1n) is 6.42. The summed E-state index contributed by atoms with van der Waals surface area (Å²) in [6.45, 7) is 2.06. The Balaban J connectivity index is 2.29. The van der Waals surface area contributed by atoms with E-state index in [0.717, 1.165) is 34.9 Å². The van der Waals surface area contributed by atoms with Gasteiger partial charge in [0.05, 0.1) is 34.5 Å². The fraction of sp³-hybridized carbons (Fsp3) is 0.538. The highest BCUT2D eigenvalue weighted by Crippen LogP contribution is 2.25. The van der Waals surface area contributed by atoms with Crippen molar-refractivity contribution in [2.45, 2.75) is 25.8 Å². The van der Waals surface area contributed by atoms with Crippen molar-refractivity contribution < 1.29 is 0 Å². The quantitative estimate of drug-likeness (QED) is 0.910. The minimum absolute atomic E-state index is 0.171. The van der Waals surface area contributed by atoms with Gasteiger partial charge in [-0.1, -0.05) is 18.5 Å². The maximum atomic E-state index is 6.40. The Morgan fingerprint density at radius 2 is 2.16 bits per heavy atom. The number of nitrogens with one attached hydrogen (secondary N) is 1. The van der Waals surface area contributed by atoms with Crippen LogP contribution in [0.1, 0.15) is 30.0 Å². The van der Waals surface area contributed by atoms with Gasteiger partial charge >= 0.3 is 0 Å². The van der Waals surface area contributed by atoms with Crippen molar-refractivity contribution in [2.75, 3.05) is 7.05 Å². The number of halogens is 1. The minimum Gasteiger partial charge on any atom is -0.336 e. The van der Waals surface area contributed by atoms with Crippen LogP contribution in [-0.4, -0.2) is 26.4 Å². The van der Waals surface area contributed by atoms with E-state index in [4.69, 9.17) is 11.6 Å². The lowest BCUT2D eigenvalue weighted by Gasteiger charge is -2.17. The summed E-state index contributed by atoms with van der Waals surface area (Å²) in [5.41, 5.74) is 3.15. The molecule has 0 saturated carbocycles. The molecule has 5 nitrogen and oxygen atoms in total. The monoisotopic (exact) mass is 281 g/mol. The highest BCUT2D eigenvalue weighted by molar-refractivity contribution is 6.31. The molecule has 6 heteroatoms. The molecule has 0 fully saturated rings. The molecule has 0 aliphatic rings. The van der Waals surface area contributed by atoms with E-state index in [0.29, 0.717) is 0 Å². The second-order valence-corrected chi connectivity index (χ2v) is 5.04. The van der Waals surface area contributed by atoms with Crippen LogP contribution in [0.5, 0.6) is 0 Å². The molecule has 2 heterocycles. The molecular formula is C13H20ClN5. The van der Waals surface area contributed by atoms with Crippen LogP contribution >= 0.6 is 11.6 Å². The first-order chi connectivity index (χ1) is 9.08. The molecule has 104 valence electrons. The second kappa shape index (κ2) is 5.75. The van der Waals surface area contributed by atoms with Crippen LogP contribution < -0.4 is 5.32 Å². The summed E-state index contributed by atoms with van der Waals surface area (Å²) in [4.78, 5) is 4.17. The average Bonchev–Trinajstić information content (AvgIpc) is 2.93. The lowest BCUT2D eigenvalue weighted by molar-refractivity contribution is 0.532. The fourth-order valence-electron chi connectivity index (χ4n) is 2.29. The zero-order valence-corrected chi connectivity index (χ0v) is 12.6. The lowest BCUT2D eigenvalue weighted by Crippen LogP contribution is -2.22. The summed E-state index contributed by atoms with van der Waals surface area (Å²) < 4.78 is 3.90. The van der Waals surface area contributed by atoms with E-state index in [1.807, 2.05) is 42.9 Å². The molecular weight excluding hydrogens is 262 g/mol. The van der Waals surface area contributed by atoms with Crippen LogP contribution in [0.2, 0.25) is 5.02 Å². The molecule has 2 aromatic heterocycles. The van der Waals surface area contributed by atoms with Gasteiger partial charge in [0.25, 0.3) is 0 Å². The molecule has 0 aliphatic carbocycles. The summed E-state index contributed by atoms with van der Waals surface area (Å²) in [6, 6.07) is 0.171. The third-order valence-corrected chi connectivity index (χ3v) is 3.90. The van der Waals surface area contributed by atoms with Crippen LogP contribution in [0.3, 0.4) is 0 Å². The smallest absolute Gasteiger partial charge is 0.0946 e. The molecule has 2 rings (SSSR count). The van der Waals surface area contributed by atoms with E-state index in [9.17, 15) is 0 Å². The average molecular weight is 282 g/mol. The Morgan fingerprint density at radius 1 is 1.42 bits per heavy atom. The molecule has 2 aromatic rings. The zero-order chi connectivity index (χ0) is 14.0. The summed E-state index contributed by atoms with van der Waals surface area (Å²) in [5, 5.41) is 8.55. The molecule has 0 saturated heterocycles. The first-order valence-corrected chi connectivity index (χ1v) is 6.80. The number of imidazole rings is 1. The van der Waals surface area contributed by atoms with Gasteiger partial charge in [0, 0.05) is 26.7 Å². The number of rotatable bonds is 5. The first kappa shape index (κ1) is 14.1. The molecule has 1 unspecified atom stereocenters. The predicted molar refractivity (Wildman–Crippen MR) is 76.3 cm³/mol. The summed E-state index contributed by atoms with van der Waals surface area (Å²) >= 11 is 6.40. The SMILES string of the molecule is CCc1nn(C)c(CC(NC)c2cncn2C)c1Cl. The van der Waals surface area contributed by atoms with Gasteiger partial charge in [-0.05, 0) is 13.5 Å². The van der Waals surface area contributed by atoms with Crippen LogP contribution in [0.25, 0.3) is 0 Å². The predicted octanol–water partition coefficient (Wildman–Crippen LogP) is 1.87. The number of hydrogen-bond acceptors (Lipinski definition) is 3. The van der Waals surface area contributed by atoms with Crippen molar-refractivity contribution in [3.05, 3.63) is 34.6 Å². The van der Waals surface area contributed by atoms with E-state index in [1.165, 1.54) is 0 Å². The molecule has 0 bridgehead atoms. The maximum Gasteiger partial charge on any atom is 0.0946 e. The second-order valence-electron chi connectivity index (χ2n) is 4.66. The normalized spacial score (nSPS) is 12.9. The van der Waals surface area contributed by atoms with Crippen LogP contribution in [0.15, 0.2) is 12.5 Å². The Kier molecular flexibility index (Phi) is 4.27. The molecule has 0 amide bonds. The molecule has 0 radical (unpaired) electrons. The van der Waals surface area contributed by atoms with Crippen molar-refractivity contribution in [1.82, 2.24) is 24.6 Å². The van der Waals surface area contributed by atoms with Crippen molar-refractivity contribution in [2.24, 2.45) is 14.1 Å². The van der Waals surface area contributed by atoms with Gasteiger partial charge < -0.3 is 9.88 Å². The van der Waals surface area contributed by atoms with E-state index in [-0.39, 0.29) is 6.04 Å². The van der Waals surface area contributed by atoms with Crippen molar-refractivity contribution >= 4 is 11.6 Å². The molecule has 0 spiro atoms. The van der Waals surface area contributed by atoms with Gasteiger partial charge in [0.1, 0.15) is 0 Å². The Bertz CT molecular complexity index is 557. The maximum absolute atomic E-state index is 6.40. The summed E-state index contributed by atoms with van der Waals surface area (Å²) in [6.07, 6.45) is 5.33.